The molecule has 2 aliphatic rings. The average molecular weight is 709 g/mol. The minimum Gasteiger partial charge on any atom is -0.405 e. The van der Waals surface area contributed by atoms with E-state index >= 15 is 4.39 Å². The molecule has 0 aliphatic carbocycles. The molecule has 0 radical (unpaired) electrons. The van der Waals surface area contributed by atoms with Crippen LogP contribution in [-0.4, -0.2) is 95.7 Å². The van der Waals surface area contributed by atoms with Crippen molar-refractivity contribution in [3.63, 3.8) is 0 Å². The number of alkyl halides is 3. The number of benzene rings is 2. The number of aromatic amines is 1. The largest absolute Gasteiger partial charge is 0.573 e. The Kier molecular flexibility index (Phi) is 10.2. The van der Waals surface area contributed by atoms with Crippen molar-refractivity contribution < 1.29 is 36.7 Å². The normalized spacial score (nSPS) is 17.8. The molecule has 2 aromatic carbocycles. The maximum Gasteiger partial charge on any atom is 0.573 e. The number of pyridine rings is 1. The Labute approximate surface area is 290 Å². The SMILES string of the molecule is CNCC(=O)N1CC(C)CC1c1ncc(-c2ccc(-c3cc(F)c(NC(=O)c4ccc(N5CCN(C=O)CC5)nc4)cc3OC(F)(F)F)cc2)[nH]1. The molecule has 4 aromatic rings. The molecule has 4 heterocycles. The predicted molar refractivity (Wildman–Crippen MR) is 180 cm³/mol. The minimum atomic E-state index is -5.10. The van der Waals surface area contributed by atoms with Gasteiger partial charge in [-0.1, -0.05) is 31.2 Å². The molecule has 0 bridgehead atoms. The van der Waals surface area contributed by atoms with Crippen LogP contribution in [0.2, 0.25) is 0 Å². The van der Waals surface area contributed by atoms with E-state index in [1.165, 1.54) is 24.4 Å². The number of likely N-dealkylation sites (N-methyl/N-ethyl adjacent to an activating group) is 1. The molecule has 2 fully saturated rings. The summed E-state index contributed by atoms with van der Waals surface area (Å²) in [5.41, 5.74) is 0.903. The molecule has 2 saturated heterocycles. The molecule has 3 N–H and O–H groups in total. The topological polar surface area (TPSA) is 136 Å². The Morgan fingerprint density at radius 1 is 1.02 bits per heavy atom. The average Bonchev–Trinajstić information content (AvgIpc) is 3.76. The maximum absolute atomic E-state index is 15.4. The van der Waals surface area contributed by atoms with E-state index in [1.807, 2.05) is 4.90 Å². The number of aromatic nitrogens is 3. The number of hydrogen-bond acceptors (Lipinski definition) is 8. The van der Waals surface area contributed by atoms with E-state index in [9.17, 15) is 27.6 Å². The highest BCUT2D eigenvalue weighted by Gasteiger charge is 2.36. The van der Waals surface area contributed by atoms with Gasteiger partial charge in [0.1, 0.15) is 23.2 Å². The van der Waals surface area contributed by atoms with Gasteiger partial charge in [0.25, 0.3) is 5.91 Å². The summed E-state index contributed by atoms with van der Waals surface area (Å²) >= 11 is 0. The Bertz CT molecular complexity index is 1880. The second-order valence-electron chi connectivity index (χ2n) is 12.6. The fourth-order valence-corrected chi connectivity index (χ4v) is 6.36. The summed E-state index contributed by atoms with van der Waals surface area (Å²) in [4.78, 5) is 54.1. The Morgan fingerprint density at radius 3 is 2.39 bits per heavy atom. The predicted octanol–water partition coefficient (Wildman–Crippen LogP) is 4.84. The molecule has 16 heteroatoms. The number of nitrogens with one attached hydrogen (secondary N) is 3. The smallest absolute Gasteiger partial charge is 0.405 e. The minimum absolute atomic E-state index is 0.0299. The van der Waals surface area contributed by atoms with Gasteiger partial charge < -0.3 is 35.1 Å². The number of anilines is 2. The molecular formula is C35H36F4N8O4. The number of piperazine rings is 1. The molecule has 2 atom stereocenters. The molecule has 2 aromatic heterocycles. The van der Waals surface area contributed by atoms with Gasteiger partial charge in [-0.15, -0.1) is 13.2 Å². The first-order valence-electron chi connectivity index (χ1n) is 16.3. The van der Waals surface area contributed by atoms with Gasteiger partial charge in [0.2, 0.25) is 12.3 Å². The van der Waals surface area contributed by atoms with Crippen molar-refractivity contribution >= 4 is 29.7 Å². The number of ether oxygens (including phenoxy) is 1. The number of likely N-dealkylation sites (tertiary alicyclic amines) is 1. The summed E-state index contributed by atoms with van der Waals surface area (Å²) in [6, 6.07) is 10.9. The molecule has 0 spiro atoms. The summed E-state index contributed by atoms with van der Waals surface area (Å²) in [5, 5.41) is 5.21. The van der Waals surface area contributed by atoms with Crippen molar-refractivity contribution in [3.8, 4) is 28.1 Å². The summed E-state index contributed by atoms with van der Waals surface area (Å²) in [5.74, 6) is -0.990. The zero-order valence-corrected chi connectivity index (χ0v) is 27.8. The first-order valence-corrected chi connectivity index (χ1v) is 16.3. The molecule has 268 valence electrons. The van der Waals surface area contributed by atoms with E-state index in [-0.39, 0.29) is 35.2 Å². The van der Waals surface area contributed by atoms with Crippen molar-refractivity contribution in [2.24, 2.45) is 5.92 Å². The van der Waals surface area contributed by atoms with Crippen molar-refractivity contribution in [1.29, 1.82) is 0 Å². The first-order chi connectivity index (χ1) is 24.4. The van der Waals surface area contributed by atoms with Gasteiger partial charge in [0.05, 0.1) is 35.7 Å². The Morgan fingerprint density at radius 2 is 1.75 bits per heavy atom. The number of imidazole rings is 1. The third-order valence-electron chi connectivity index (χ3n) is 8.92. The van der Waals surface area contributed by atoms with Crippen LogP contribution in [-0.2, 0) is 9.59 Å². The fraction of sp³-hybridized carbons (Fsp3) is 0.343. The first kappa shape index (κ1) is 35.3. The molecule has 51 heavy (non-hydrogen) atoms. The van der Waals surface area contributed by atoms with Crippen molar-refractivity contribution in [2.75, 3.05) is 56.5 Å². The van der Waals surface area contributed by atoms with Crippen molar-refractivity contribution in [2.45, 2.75) is 25.7 Å². The van der Waals surface area contributed by atoms with Gasteiger partial charge >= 0.3 is 6.36 Å². The summed E-state index contributed by atoms with van der Waals surface area (Å²) < 4.78 is 60.2. The third kappa shape index (κ3) is 8.11. The third-order valence-corrected chi connectivity index (χ3v) is 8.92. The fourth-order valence-electron chi connectivity index (χ4n) is 6.36. The van der Waals surface area contributed by atoms with Gasteiger partial charge in [0, 0.05) is 50.6 Å². The van der Waals surface area contributed by atoms with Crippen LogP contribution in [0.1, 0.15) is 35.6 Å². The summed E-state index contributed by atoms with van der Waals surface area (Å²) in [7, 11) is 1.71. The van der Waals surface area contributed by atoms with E-state index in [0.717, 1.165) is 25.0 Å². The second-order valence-corrected chi connectivity index (χ2v) is 12.6. The lowest BCUT2D eigenvalue weighted by molar-refractivity contribution is -0.274. The molecule has 3 amide bonds. The van der Waals surface area contributed by atoms with Gasteiger partial charge in [-0.2, -0.15) is 0 Å². The lowest BCUT2D eigenvalue weighted by atomic mass is 10.0. The van der Waals surface area contributed by atoms with Crippen molar-refractivity contribution in [1.82, 2.24) is 30.1 Å². The molecular weight excluding hydrogens is 672 g/mol. The van der Waals surface area contributed by atoms with Gasteiger partial charge in [0.15, 0.2) is 0 Å². The highest BCUT2D eigenvalue weighted by atomic mass is 19.4. The van der Waals surface area contributed by atoms with Crippen molar-refractivity contribution in [3.05, 3.63) is 78.1 Å². The zero-order valence-electron chi connectivity index (χ0n) is 27.8. The maximum atomic E-state index is 15.4. The van der Waals surface area contributed by atoms with Crippen LogP contribution >= 0.6 is 0 Å². The van der Waals surface area contributed by atoms with E-state index < -0.39 is 29.5 Å². The number of halogens is 4. The van der Waals surface area contributed by atoms with Crippen LogP contribution in [0.3, 0.4) is 0 Å². The number of H-pyrrole nitrogens is 1. The van der Waals surface area contributed by atoms with E-state index in [1.54, 1.807) is 41.2 Å². The highest BCUT2D eigenvalue weighted by Crippen LogP contribution is 2.39. The number of nitrogens with zero attached hydrogens (tertiary/aromatic N) is 5. The lowest BCUT2D eigenvalue weighted by Crippen LogP contribution is -2.46. The van der Waals surface area contributed by atoms with Crippen LogP contribution in [0, 0.1) is 11.7 Å². The highest BCUT2D eigenvalue weighted by molar-refractivity contribution is 6.04. The molecule has 2 unspecified atom stereocenters. The number of amides is 3. The van der Waals surface area contributed by atoms with E-state index in [2.05, 4.69) is 37.2 Å². The molecule has 2 aliphatic heterocycles. The number of carbonyl (C=O) groups is 3. The Hall–Kier alpha value is -5.51. The number of rotatable bonds is 10. The monoisotopic (exact) mass is 708 g/mol. The number of carbonyl (C=O) groups excluding carboxylic acids is 3. The quantitative estimate of drug-likeness (QED) is 0.158. The van der Waals surface area contributed by atoms with Crippen LogP contribution in [0.15, 0.2) is 60.9 Å². The second kappa shape index (κ2) is 14.8. The van der Waals surface area contributed by atoms with Crippen LogP contribution in [0.5, 0.6) is 5.75 Å². The van der Waals surface area contributed by atoms with Crippen LogP contribution < -0.4 is 20.3 Å². The van der Waals surface area contributed by atoms with E-state index in [4.69, 9.17) is 0 Å². The number of hydrogen-bond donors (Lipinski definition) is 3. The molecule has 12 nitrogen and oxygen atoms in total. The summed E-state index contributed by atoms with van der Waals surface area (Å²) in [6.45, 7) is 5.07. The van der Waals surface area contributed by atoms with Crippen LogP contribution in [0.4, 0.5) is 29.1 Å². The van der Waals surface area contributed by atoms with Gasteiger partial charge in [-0.3, -0.25) is 14.4 Å². The van der Waals surface area contributed by atoms with Gasteiger partial charge in [-0.25, -0.2) is 14.4 Å². The zero-order chi connectivity index (χ0) is 36.3. The standard InChI is InChI=1S/C35H36F4N8O4/c1-21-13-29(47(19-21)32(49)18-40-2)33-42-17-28(43-33)23-5-3-22(4-6-23)25-14-26(36)27(15-30(25)51-35(37,38)39)44-34(50)24-7-8-31(41-16-24)46-11-9-45(20-48)10-12-46/h3-8,14-17,20-21,29,40H,9-13,18-19H2,1-2H3,(H,42,43)(H,44,50). The summed E-state index contributed by atoms with van der Waals surface area (Å²) in [6.07, 6.45) is -0.657. The Balaban J connectivity index is 1.19. The molecule has 0 saturated carbocycles. The van der Waals surface area contributed by atoms with Gasteiger partial charge in [-0.05, 0) is 48.7 Å². The van der Waals surface area contributed by atoms with Crippen LogP contribution in [0.25, 0.3) is 22.4 Å². The lowest BCUT2D eigenvalue weighted by Gasteiger charge is -2.33. The molecule has 6 rings (SSSR count). The van der Waals surface area contributed by atoms with E-state index in [0.29, 0.717) is 61.5 Å².